The van der Waals surface area contributed by atoms with Gasteiger partial charge in [-0.15, -0.1) is 0 Å². The monoisotopic (exact) mass is 578 g/mol. The van der Waals surface area contributed by atoms with Crippen molar-refractivity contribution in [2.45, 2.75) is 5.41 Å². The topological polar surface area (TPSA) is 0 Å². The summed E-state index contributed by atoms with van der Waals surface area (Å²) in [6, 6.07) is 57.2. The molecule has 1 unspecified atom stereocenters. The van der Waals surface area contributed by atoms with Crippen LogP contribution in [-0.4, -0.2) is 13.3 Å². The Kier molecular flexibility index (Phi) is 5.62. The van der Waals surface area contributed by atoms with Crippen molar-refractivity contribution in [2.75, 3.05) is 13.3 Å². The molecule has 0 saturated carbocycles. The summed E-state index contributed by atoms with van der Waals surface area (Å²) >= 11 is 0. The van der Waals surface area contributed by atoms with Crippen molar-refractivity contribution in [3.05, 3.63) is 174 Å². The maximum atomic E-state index is 2.47. The Bertz CT molecular complexity index is 2240. The van der Waals surface area contributed by atoms with Crippen molar-refractivity contribution in [3.8, 4) is 44.5 Å². The molecule has 44 heavy (non-hydrogen) atoms. The van der Waals surface area contributed by atoms with Crippen LogP contribution < -0.4 is 5.30 Å². The van der Waals surface area contributed by atoms with E-state index in [1.807, 2.05) is 0 Å². The third-order valence-electron chi connectivity index (χ3n) is 9.87. The second-order valence-electron chi connectivity index (χ2n) is 12.4. The smallest absolute Gasteiger partial charge is 0.0725 e. The van der Waals surface area contributed by atoms with Crippen LogP contribution in [0.5, 0.6) is 0 Å². The summed E-state index contributed by atoms with van der Waals surface area (Å²) in [5.41, 5.74) is 15.6. The first-order chi connectivity index (χ1) is 21.6. The summed E-state index contributed by atoms with van der Waals surface area (Å²) in [4.78, 5) is 0. The van der Waals surface area contributed by atoms with Gasteiger partial charge in [-0.3, -0.25) is 0 Å². The number of rotatable bonds is 3. The summed E-state index contributed by atoms with van der Waals surface area (Å²) in [6.07, 6.45) is 0. The van der Waals surface area contributed by atoms with E-state index >= 15 is 0 Å². The largest absolute Gasteiger partial charge is 0.0817 e. The molecule has 0 saturated heterocycles. The molecule has 0 fully saturated rings. The van der Waals surface area contributed by atoms with Crippen molar-refractivity contribution in [1.29, 1.82) is 0 Å². The van der Waals surface area contributed by atoms with Crippen LogP contribution in [0, 0.1) is 0 Å². The molecule has 0 nitrogen and oxygen atoms in total. The summed E-state index contributed by atoms with van der Waals surface area (Å²) in [7, 11) is -0.110. The fourth-order valence-corrected chi connectivity index (χ4v) is 8.56. The quantitative estimate of drug-likeness (QED) is 0.183. The first-order valence-electron chi connectivity index (χ1n) is 15.4. The Morgan fingerprint density at radius 1 is 0.364 bits per heavy atom. The predicted octanol–water partition coefficient (Wildman–Crippen LogP) is 10.9. The molecule has 0 aliphatic heterocycles. The van der Waals surface area contributed by atoms with Crippen molar-refractivity contribution < 1.29 is 0 Å². The van der Waals surface area contributed by atoms with E-state index in [1.54, 1.807) is 0 Å². The number of benzene rings is 7. The third-order valence-corrected chi connectivity index (χ3v) is 11.2. The Balaban J connectivity index is 1.34. The minimum absolute atomic E-state index is 0.110. The highest BCUT2D eigenvalue weighted by Crippen LogP contribution is 2.63. The number of fused-ring (bicyclic) bond motifs is 11. The summed E-state index contributed by atoms with van der Waals surface area (Å²) in [5.74, 6) is 0. The predicted molar refractivity (Wildman–Crippen MR) is 190 cm³/mol. The second kappa shape index (κ2) is 9.62. The van der Waals surface area contributed by atoms with Crippen LogP contribution in [0.25, 0.3) is 55.3 Å². The van der Waals surface area contributed by atoms with Crippen LogP contribution in [0.3, 0.4) is 0 Å². The van der Waals surface area contributed by atoms with E-state index in [1.165, 1.54) is 82.8 Å². The molecular weight excluding hydrogens is 547 g/mol. The van der Waals surface area contributed by atoms with Gasteiger partial charge < -0.3 is 0 Å². The first kappa shape index (κ1) is 25.7. The average Bonchev–Trinajstić information content (AvgIpc) is 3.53. The Hall–Kier alpha value is -4.77. The molecular formula is C43H31P. The molecule has 0 heterocycles. The van der Waals surface area contributed by atoms with Crippen LogP contribution in [0.2, 0.25) is 0 Å². The minimum Gasteiger partial charge on any atom is -0.0817 e. The molecule has 7 aromatic carbocycles. The minimum atomic E-state index is -0.363. The molecule has 208 valence electrons. The highest BCUT2D eigenvalue weighted by molar-refractivity contribution is 7.64. The average molecular weight is 579 g/mol. The molecule has 0 N–H and O–H groups in total. The van der Waals surface area contributed by atoms with E-state index in [0.29, 0.717) is 0 Å². The van der Waals surface area contributed by atoms with Gasteiger partial charge in [-0.05, 0) is 120 Å². The fourth-order valence-electron chi connectivity index (χ4n) is 7.82. The van der Waals surface area contributed by atoms with Crippen LogP contribution in [0.1, 0.15) is 22.3 Å². The molecule has 0 radical (unpaired) electrons. The zero-order chi connectivity index (χ0) is 29.4. The number of hydrogen-bond acceptors (Lipinski definition) is 0. The summed E-state index contributed by atoms with van der Waals surface area (Å²) in [5, 5.41) is 4.01. The van der Waals surface area contributed by atoms with Gasteiger partial charge in [0.2, 0.25) is 0 Å². The van der Waals surface area contributed by atoms with E-state index in [9.17, 15) is 0 Å². The molecule has 9 rings (SSSR count). The van der Waals surface area contributed by atoms with Gasteiger partial charge in [0.05, 0.1) is 5.41 Å². The van der Waals surface area contributed by atoms with Crippen LogP contribution >= 0.6 is 7.92 Å². The normalized spacial score (nSPS) is 15.8. The molecule has 1 heteroatoms. The summed E-state index contributed by atoms with van der Waals surface area (Å²) < 4.78 is 0. The maximum Gasteiger partial charge on any atom is 0.0725 e. The molecule has 1 atom stereocenters. The fraction of sp³-hybridized carbons (Fsp3) is 0.0698. The zero-order valence-corrected chi connectivity index (χ0v) is 25.8. The van der Waals surface area contributed by atoms with Crippen molar-refractivity contribution >= 4 is 24.0 Å². The van der Waals surface area contributed by atoms with Gasteiger partial charge in [0.1, 0.15) is 0 Å². The Labute approximate surface area is 260 Å². The zero-order valence-electron chi connectivity index (χ0n) is 24.9. The van der Waals surface area contributed by atoms with E-state index in [-0.39, 0.29) is 13.3 Å². The molecule has 7 aromatic rings. The molecule has 1 spiro atoms. The van der Waals surface area contributed by atoms with E-state index in [2.05, 4.69) is 165 Å². The van der Waals surface area contributed by atoms with Gasteiger partial charge in [-0.2, -0.15) is 0 Å². The van der Waals surface area contributed by atoms with Crippen LogP contribution in [0.15, 0.2) is 152 Å². The lowest BCUT2D eigenvalue weighted by Crippen LogP contribution is -2.25. The molecule has 2 aliphatic rings. The van der Waals surface area contributed by atoms with Gasteiger partial charge in [0.15, 0.2) is 0 Å². The molecule has 2 aliphatic carbocycles. The second-order valence-corrected chi connectivity index (χ2v) is 14.7. The molecule has 0 amide bonds. The molecule has 0 bridgehead atoms. The summed E-state index contributed by atoms with van der Waals surface area (Å²) in [6.45, 7) is 4.64. The van der Waals surface area contributed by atoms with E-state index < -0.39 is 0 Å². The molecule has 0 aromatic heterocycles. The van der Waals surface area contributed by atoms with Crippen LogP contribution in [0.4, 0.5) is 0 Å². The van der Waals surface area contributed by atoms with Gasteiger partial charge in [0, 0.05) is 0 Å². The Morgan fingerprint density at radius 3 is 1.55 bits per heavy atom. The lowest BCUT2D eigenvalue weighted by atomic mass is 9.70. The maximum absolute atomic E-state index is 2.47. The first-order valence-corrected chi connectivity index (χ1v) is 17.6. The Morgan fingerprint density at radius 2 is 0.864 bits per heavy atom. The van der Waals surface area contributed by atoms with E-state index in [0.717, 1.165) is 0 Å². The van der Waals surface area contributed by atoms with Crippen LogP contribution in [-0.2, 0) is 5.41 Å². The van der Waals surface area contributed by atoms with Gasteiger partial charge in [0.25, 0.3) is 0 Å². The highest BCUT2D eigenvalue weighted by Gasteiger charge is 2.51. The van der Waals surface area contributed by atoms with E-state index in [4.69, 9.17) is 0 Å². The van der Waals surface area contributed by atoms with Crippen molar-refractivity contribution in [3.63, 3.8) is 0 Å². The highest BCUT2D eigenvalue weighted by atomic mass is 31.1. The third kappa shape index (κ3) is 3.56. The lowest BCUT2D eigenvalue weighted by Gasteiger charge is -2.30. The number of hydrogen-bond donors (Lipinski definition) is 0. The standard InChI is InChI=1S/C43H31P/c1-44(2)34-20-16-29(17-21-34)33-19-23-41-37(26-33)38-24-30-12-6-7-13-31(30)27-42(38)43(41)39-15-9-8-14-35(39)36-25-32(18-22-40(36)43)28-10-4-3-5-11-28/h3-27H,1-2H3. The van der Waals surface area contributed by atoms with Crippen molar-refractivity contribution in [2.24, 2.45) is 0 Å². The van der Waals surface area contributed by atoms with Crippen molar-refractivity contribution in [1.82, 2.24) is 0 Å². The SMILES string of the molecule is CP(C)c1ccc(-c2ccc3c(c2)-c2cc4ccccc4cc2C32c3ccccc3-c3cc(-c4ccccc4)ccc32)cc1. The van der Waals surface area contributed by atoms with Gasteiger partial charge in [-0.1, -0.05) is 135 Å². The van der Waals surface area contributed by atoms with Gasteiger partial charge in [-0.25, -0.2) is 0 Å². The lowest BCUT2D eigenvalue weighted by molar-refractivity contribution is 0.795. The van der Waals surface area contributed by atoms with Gasteiger partial charge >= 0.3 is 0 Å².